The normalized spacial score (nSPS) is 18.5. The summed E-state index contributed by atoms with van der Waals surface area (Å²) in [6.07, 6.45) is 2.63. The topological polar surface area (TPSA) is 142 Å². The van der Waals surface area contributed by atoms with E-state index in [2.05, 4.69) is 44.7 Å². The van der Waals surface area contributed by atoms with Crippen LogP contribution in [0.1, 0.15) is 70.4 Å². The van der Waals surface area contributed by atoms with E-state index in [0.717, 1.165) is 41.6 Å². The van der Waals surface area contributed by atoms with E-state index in [1.54, 1.807) is 12.1 Å². The largest absolute Gasteiger partial charge is 0.493 e. The van der Waals surface area contributed by atoms with Crippen LogP contribution in [-0.4, -0.2) is 40.0 Å². The zero-order chi connectivity index (χ0) is 36.1. The van der Waals surface area contributed by atoms with E-state index < -0.39 is 27.1 Å². The van der Waals surface area contributed by atoms with Crippen LogP contribution in [0.4, 0.5) is 11.4 Å². The van der Waals surface area contributed by atoms with Gasteiger partial charge in [0.2, 0.25) is 5.75 Å². The summed E-state index contributed by atoms with van der Waals surface area (Å²) in [7, 11) is 1.39. The summed E-state index contributed by atoms with van der Waals surface area (Å²) < 4.78 is 11.6. The molecule has 260 valence electrons. The molecule has 0 bridgehead atoms. The zero-order valence-corrected chi connectivity index (χ0v) is 29.3. The van der Waals surface area contributed by atoms with Gasteiger partial charge in [0.25, 0.3) is 5.69 Å². The molecule has 0 spiro atoms. The second-order valence-electron chi connectivity index (χ2n) is 14.7. The van der Waals surface area contributed by atoms with Crippen molar-refractivity contribution in [3.63, 3.8) is 0 Å². The number of allylic oxidation sites excluding steroid dienone is 4. The number of nitrogens with zero attached hydrogens (tertiary/aromatic N) is 3. The second-order valence-corrected chi connectivity index (χ2v) is 15.1. The number of ketones is 2. The maximum absolute atomic E-state index is 14.3. The lowest BCUT2D eigenvalue weighted by atomic mass is 9.63. The van der Waals surface area contributed by atoms with Gasteiger partial charge in [0.15, 0.2) is 23.1 Å². The van der Waals surface area contributed by atoms with Gasteiger partial charge in [-0.2, -0.15) is 0 Å². The molecule has 1 heterocycles. The lowest BCUT2D eigenvalue weighted by Crippen LogP contribution is -2.45. The third kappa shape index (κ3) is 6.61. The predicted octanol–water partition coefficient (Wildman–Crippen LogP) is 8.89. The number of rotatable bonds is 9. The van der Waals surface area contributed by atoms with Crippen molar-refractivity contribution in [1.29, 1.82) is 0 Å². The standard InChI is InChI=1S/C38H38ClN3O8/c1-37(2)18-27-34(29(43)20-37)33(35-28(19-38(3,4)21-30(35)44)40(27)14-13-22-9-7-6-8-10-22)23-15-25(39)36(32(16-23)49-5)50-31-12-11-24(41(45)46)17-26(31)42(47)48/h6-12,15-17,33H,13-14,18-21H2,1-5H3. The van der Waals surface area contributed by atoms with Gasteiger partial charge in [0.1, 0.15) is 0 Å². The van der Waals surface area contributed by atoms with Crippen molar-refractivity contribution in [3.05, 3.63) is 120 Å². The van der Waals surface area contributed by atoms with Gasteiger partial charge >= 0.3 is 5.69 Å². The van der Waals surface area contributed by atoms with E-state index in [1.807, 2.05) is 18.2 Å². The summed E-state index contributed by atoms with van der Waals surface area (Å²) in [6.45, 7) is 8.95. The van der Waals surface area contributed by atoms with Crippen LogP contribution in [0.3, 0.4) is 0 Å². The van der Waals surface area contributed by atoms with Crippen molar-refractivity contribution in [1.82, 2.24) is 4.90 Å². The summed E-state index contributed by atoms with van der Waals surface area (Å²) in [4.78, 5) is 52.3. The molecule has 0 N–H and O–H groups in total. The van der Waals surface area contributed by atoms with Gasteiger partial charge in [-0.15, -0.1) is 0 Å². The number of nitro benzene ring substituents is 2. The summed E-state index contributed by atoms with van der Waals surface area (Å²) in [5, 5.41) is 23.1. The van der Waals surface area contributed by atoms with Gasteiger partial charge in [-0.3, -0.25) is 29.8 Å². The van der Waals surface area contributed by atoms with Crippen molar-refractivity contribution in [2.24, 2.45) is 10.8 Å². The van der Waals surface area contributed by atoms with E-state index in [-0.39, 0.29) is 44.7 Å². The molecule has 3 aliphatic rings. The Bertz CT molecular complexity index is 1950. The van der Waals surface area contributed by atoms with Crippen LogP contribution in [0.15, 0.2) is 83.2 Å². The number of hydrogen-bond acceptors (Lipinski definition) is 9. The highest BCUT2D eigenvalue weighted by Gasteiger charge is 2.49. The number of benzene rings is 3. The lowest BCUT2D eigenvalue weighted by Gasteiger charge is -2.49. The molecule has 11 nitrogen and oxygen atoms in total. The molecular weight excluding hydrogens is 662 g/mol. The summed E-state index contributed by atoms with van der Waals surface area (Å²) in [6, 6.07) is 16.4. The Hall–Kier alpha value is -5.03. The number of carbonyl (C=O) groups excluding carboxylic acids is 2. The first-order valence-electron chi connectivity index (χ1n) is 16.4. The lowest BCUT2D eigenvalue weighted by molar-refractivity contribution is -0.394. The van der Waals surface area contributed by atoms with Gasteiger partial charge in [-0.05, 0) is 59.4 Å². The van der Waals surface area contributed by atoms with Crippen molar-refractivity contribution in [3.8, 4) is 17.2 Å². The number of nitro groups is 2. The molecule has 3 aromatic carbocycles. The monoisotopic (exact) mass is 699 g/mol. The molecule has 12 heteroatoms. The fourth-order valence-electron chi connectivity index (χ4n) is 7.50. The Morgan fingerprint density at radius 3 is 1.96 bits per heavy atom. The molecule has 0 saturated carbocycles. The average molecular weight is 700 g/mol. The van der Waals surface area contributed by atoms with Crippen molar-refractivity contribution in [2.45, 2.75) is 65.7 Å². The SMILES string of the molecule is COc1cc(C2C3=C(CC(C)(C)CC3=O)N(CCc3ccccc3)C3=C2C(=O)CC(C)(C)C3)cc(Cl)c1Oc1ccc([N+](=O)[O-])cc1[N+](=O)[O-]. The average Bonchev–Trinajstić information content (AvgIpc) is 3.03. The Morgan fingerprint density at radius 1 is 0.820 bits per heavy atom. The van der Waals surface area contributed by atoms with Gasteiger partial charge in [-0.25, -0.2) is 0 Å². The third-order valence-corrected chi connectivity index (χ3v) is 9.92. The van der Waals surface area contributed by atoms with Crippen molar-refractivity contribution < 1.29 is 28.9 Å². The Kier molecular flexibility index (Phi) is 9.07. The molecule has 6 rings (SSSR count). The molecule has 0 amide bonds. The molecule has 50 heavy (non-hydrogen) atoms. The van der Waals surface area contributed by atoms with Gasteiger partial charge < -0.3 is 14.4 Å². The summed E-state index contributed by atoms with van der Waals surface area (Å²) in [5.41, 5.74) is 2.98. The number of ether oxygens (including phenoxy) is 2. The number of carbonyl (C=O) groups is 2. The molecule has 0 saturated heterocycles. The minimum atomic E-state index is -0.781. The number of Topliss-reactive ketones (excluding diaryl/α,β-unsaturated/α-hetero) is 2. The van der Waals surface area contributed by atoms with Crippen LogP contribution < -0.4 is 9.47 Å². The van der Waals surface area contributed by atoms with Gasteiger partial charge in [0, 0.05) is 53.9 Å². The summed E-state index contributed by atoms with van der Waals surface area (Å²) >= 11 is 6.86. The maximum Gasteiger partial charge on any atom is 0.318 e. The Balaban J connectivity index is 1.50. The van der Waals surface area contributed by atoms with E-state index in [0.29, 0.717) is 48.9 Å². The van der Waals surface area contributed by atoms with Gasteiger partial charge in [-0.1, -0.05) is 69.6 Å². The first-order valence-corrected chi connectivity index (χ1v) is 16.8. The van der Waals surface area contributed by atoms with Crippen LogP contribution in [0, 0.1) is 31.1 Å². The van der Waals surface area contributed by atoms with E-state index >= 15 is 0 Å². The smallest absolute Gasteiger partial charge is 0.318 e. The molecule has 0 unspecified atom stereocenters. The zero-order valence-electron chi connectivity index (χ0n) is 28.6. The van der Waals surface area contributed by atoms with Gasteiger partial charge in [0.05, 0.1) is 28.0 Å². The maximum atomic E-state index is 14.3. The fraction of sp³-hybridized carbons (Fsp3) is 0.368. The molecule has 0 radical (unpaired) electrons. The molecule has 1 aliphatic heterocycles. The number of halogens is 1. The highest BCUT2D eigenvalue weighted by molar-refractivity contribution is 6.32. The van der Waals surface area contributed by atoms with Crippen molar-refractivity contribution >= 4 is 34.5 Å². The third-order valence-electron chi connectivity index (χ3n) is 9.64. The minimum absolute atomic E-state index is 0.0231. The first-order chi connectivity index (χ1) is 23.6. The molecule has 0 aromatic heterocycles. The first kappa shape index (κ1) is 34.8. The Labute approximate surface area is 294 Å². The van der Waals surface area contributed by atoms with Crippen LogP contribution in [0.2, 0.25) is 5.02 Å². The van der Waals surface area contributed by atoms with E-state index in [9.17, 15) is 29.8 Å². The van der Waals surface area contributed by atoms with Crippen molar-refractivity contribution in [2.75, 3.05) is 13.7 Å². The van der Waals surface area contributed by atoms with Crippen LogP contribution >= 0.6 is 11.6 Å². The quantitative estimate of drug-likeness (QED) is 0.158. The van der Waals surface area contributed by atoms with Crippen LogP contribution in [0.5, 0.6) is 17.2 Å². The predicted molar refractivity (Wildman–Crippen MR) is 188 cm³/mol. The van der Waals surface area contributed by atoms with E-state index in [4.69, 9.17) is 21.1 Å². The number of methoxy groups -OCH3 is 1. The molecule has 0 fully saturated rings. The summed E-state index contributed by atoms with van der Waals surface area (Å²) in [5.74, 6) is -0.993. The molecular formula is C38H38ClN3O8. The molecule has 3 aromatic rings. The molecule has 2 aliphatic carbocycles. The van der Waals surface area contributed by atoms with E-state index in [1.165, 1.54) is 7.11 Å². The molecule has 0 atom stereocenters. The Morgan fingerprint density at radius 2 is 1.42 bits per heavy atom. The van der Waals surface area contributed by atoms with Crippen LogP contribution in [-0.2, 0) is 16.0 Å². The second kappa shape index (κ2) is 13.0. The number of non-ortho nitro benzene ring substituents is 1. The highest BCUT2D eigenvalue weighted by atomic mass is 35.5. The number of hydrogen-bond donors (Lipinski definition) is 0. The van der Waals surface area contributed by atoms with Crippen LogP contribution in [0.25, 0.3) is 0 Å². The minimum Gasteiger partial charge on any atom is -0.493 e. The highest BCUT2D eigenvalue weighted by Crippen LogP contribution is 2.56. The fourth-order valence-corrected chi connectivity index (χ4v) is 7.76.